The average Bonchev–Trinajstić information content (AvgIpc) is 3.15. The first-order valence-electron chi connectivity index (χ1n) is 9.99. The third-order valence-corrected chi connectivity index (χ3v) is 4.88. The Morgan fingerprint density at radius 1 is 1.18 bits per heavy atom. The number of amides is 1. The summed E-state index contributed by atoms with van der Waals surface area (Å²) >= 11 is 5.51. The molecule has 3 heterocycles. The summed E-state index contributed by atoms with van der Waals surface area (Å²) in [7, 11) is 0. The zero-order valence-electron chi connectivity index (χ0n) is 17.6. The van der Waals surface area contributed by atoms with Gasteiger partial charge in [0.1, 0.15) is 29.6 Å². The van der Waals surface area contributed by atoms with Gasteiger partial charge >= 0.3 is 0 Å². The zero-order valence-corrected chi connectivity index (χ0v) is 18.4. The van der Waals surface area contributed by atoms with Crippen molar-refractivity contribution in [1.82, 2.24) is 24.7 Å². The first-order chi connectivity index (χ1) is 16.4. The predicted octanol–water partition coefficient (Wildman–Crippen LogP) is 2.57. The molecule has 1 amide bonds. The maximum Gasteiger partial charge on any atom is 0.250 e. The minimum absolute atomic E-state index is 0.00243. The van der Waals surface area contributed by atoms with Gasteiger partial charge in [-0.25, -0.2) is 28.4 Å². The molecule has 0 aliphatic heterocycles. The number of ether oxygens (including phenoxy) is 1. The summed E-state index contributed by atoms with van der Waals surface area (Å²) in [6.07, 6.45) is 1.03. The Kier molecular flexibility index (Phi) is 6.80. The number of nitrogens with one attached hydrogen (secondary N) is 1. The van der Waals surface area contributed by atoms with E-state index in [1.807, 2.05) is 0 Å². The van der Waals surface area contributed by atoms with Crippen LogP contribution in [0.25, 0.3) is 22.6 Å². The molecular weight excluding hydrogens is 470 g/mol. The molecule has 0 unspecified atom stereocenters. The van der Waals surface area contributed by atoms with E-state index in [1.54, 1.807) is 18.2 Å². The molecular formula is C21H19ClF2N8O2. The van der Waals surface area contributed by atoms with Crippen LogP contribution >= 0.6 is 11.6 Å². The number of carbonyl (C=O) groups is 1. The quantitative estimate of drug-likeness (QED) is 0.253. The minimum Gasteiger partial charge on any atom is -0.382 e. The van der Waals surface area contributed by atoms with E-state index in [9.17, 15) is 13.6 Å². The highest BCUT2D eigenvalue weighted by atomic mass is 35.5. The second-order valence-corrected chi connectivity index (χ2v) is 7.48. The Morgan fingerprint density at radius 2 is 1.91 bits per heavy atom. The standard InChI is InChI=1S/C21H19ClF2N8O2/c22-5-6-34-10-15(33)28-17-18(25)29-20(30-19(17)26)16-13-7-12(23)8-27-21(13)32(31-16)9-11-3-1-2-4-14(11)24/h1-4,7-8H,5-6,9-10H2,(H,28,33)(H4,25,26,29,30). The van der Waals surface area contributed by atoms with Crippen molar-refractivity contribution in [3.63, 3.8) is 0 Å². The summed E-state index contributed by atoms with van der Waals surface area (Å²) in [5.74, 6) is -1.59. The number of hydrogen-bond donors (Lipinski definition) is 3. The maximum atomic E-state index is 14.2. The van der Waals surface area contributed by atoms with E-state index < -0.39 is 17.5 Å². The van der Waals surface area contributed by atoms with Crippen LogP contribution in [0, 0.1) is 11.6 Å². The molecule has 0 spiro atoms. The van der Waals surface area contributed by atoms with Crippen molar-refractivity contribution in [3.8, 4) is 11.5 Å². The van der Waals surface area contributed by atoms with E-state index in [2.05, 4.69) is 25.4 Å². The molecule has 0 aliphatic carbocycles. The topological polar surface area (TPSA) is 147 Å². The van der Waals surface area contributed by atoms with E-state index in [1.165, 1.54) is 16.8 Å². The van der Waals surface area contributed by atoms with Gasteiger partial charge in [-0.1, -0.05) is 18.2 Å². The number of pyridine rings is 1. The van der Waals surface area contributed by atoms with Crippen LogP contribution in [0.15, 0.2) is 36.5 Å². The molecule has 13 heteroatoms. The molecule has 5 N–H and O–H groups in total. The molecule has 0 atom stereocenters. The smallest absolute Gasteiger partial charge is 0.250 e. The molecule has 1 aromatic carbocycles. The third-order valence-electron chi connectivity index (χ3n) is 4.73. The van der Waals surface area contributed by atoms with Gasteiger partial charge in [0.25, 0.3) is 5.91 Å². The van der Waals surface area contributed by atoms with Crippen LogP contribution in [-0.4, -0.2) is 49.7 Å². The van der Waals surface area contributed by atoms with Gasteiger partial charge in [-0.2, -0.15) is 5.10 Å². The normalized spacial score (nSPS) is 11.1. The molecule has 3 aromatic heterocycles. The van der Waals surface area contributed by atoms with Crippen LogP contribution in [0.2, 0.25) is 0 Å². The SMILES string of the molecule is Nc1nc(-c2nn(Cc3ccccc3F)c3ncc(F)cc23)nc(N)c1NC(=O)COCCCl. The number of nitrogen functional groups attached to an aromatic ring is 2. The van der Waals surface area contributed by atoms with Crippen molar-refractivity contribution in [2.75, 3.05) is 35.9 Å². The first kappa shape index (κ1) is 23.3. The van der Waals surface area contributed by atoms with Gasteiger partial charge < -0.3 is 21.5 Å². The molecule has 34 heavy (non-hydrogen) atoms. The van der Waals surface area contributed by atoms with Gasteiger partial charge in [-0.15, -0.1) is 11.6 Å². The summed E-state index contributed by atoms with van der Waals surface area (Å²) < 4.78 is 34.7. The Hall–Kier alpha value is -3.90. The fourth-order valence-corrected chi connectivity index (χ4v) is 3.33. The summed E-state index contributed by atoms with van der Waals surface area (Å²) in [4.78, 5) is 24.5. The van der Waals surface area contributed by atoms with Crippen molar-refractivity contribution < 1.29 is 18.3 Å². The van der Waals surface area contributed by atoms with Crippen LogP contribution in [0.1, 0.15) is 5.56 Å². The number of halogens is 3. The molecule has 4 aromatic rings. The maximum absolute atomic E-state index is 14.2. The number of benzene rings is 1. The molecule has 4 rings (SSSR count). The van der Waals surface area contributed by atoms with Crippen LogP contribution in [0.5, 0.6) is 0 Å². The number of rotatable bonds is 8. The van der Waals surface area contributed by atoms with Crippen LogP contribution < -0.4 is 16.8 Å². The van der Waals surface area contributed by atoms with Gasteiger partial charge in [0.15, 0.2) is 23.1 Å². The lowest BCUT2D eigenvalue weighted by Gasteiger charge is -2.11. The first-order valence-corrected chi connectivity index (χ1v) is 10.5. The lowest BCUT2D eigenvalue weighted by Crippen LogP contribution is -2.21. The number of nitrogens with two attached hydrogens (primary N) is 2. The number of alkyl halides is 1. The highest BCUT2D eigenvalue weighted by molar-refractivity contribution is 6.18. The van der Waals surface area contributed by atoms with Gasteiger partial charge in [-0.3, -0.25) is 4.79 Å². The average molecular weight is 489 g/mol. The van der Waals surface area contributed by atoms with E-state index in [-0.39, 0.29) is 65.5 Å². The van der Waals surface area contributed by atoms with E-state index in [4.69, 9.17) is 27.8 Å². The molecule has 176 valence electrons. The number of anilines is 3. The molecule has 0 aliphatic rings. The van der Waals surface area contributed by atoms with Crippen LogP contribution in [0.4, 0.5) is 26.1 Å². The highest BCUT2D eigenvalue weighted by Gasteiger charge is 2.21. The molecule has 0 saturated heterocycles. The number of hydrogen-bond acceptors (Lipinski definition) is 8. The minimum atomic E-state index is -0.610. The van der Waals surface area contributed by atoms with Gasteiger partial charge in [0, 0.05) is 11.4 Å². The number of nitrogens with zero attached hydrogens (tertiary/aromatic N) is 5. The zero-order chi connectivity index (χ0) is 24.2. The van der Waals surface area contributed by atoms with Gasteiger partial charge in [0.05, 0.1) is 24.7 Å². The monoisotopic (exact) mass is 488 g/mol. The summed E-state index contributed by atoms with van der Waals surface area (Å²) in [6, 6.07) is 7.40. The van der Waals surface area contributed by atoms with Crippen molar-refractivity contribution in [3.05, 3.63) is 53.7 Å². The van der Waals surface area contributed by atoms with Crippen molar-refractivity contribution >= 4 is 45.9 Å². The summed E-state index contributed by atoms with van der Waals surface area (Å²) in [5, 5.41) is 7.19. The van der Waals surface area contributed by atoms with Gasteiger partial charge in [0.2, 0.25) is 0 Å². The highest BCUT2D eigenvalue weighted by Crippen LogP contribution is 2.30. The summed E-state index contributed by atoms with van der Waals surface area (Å²) in [5.41, 5.74) is 12.8. The van der Waals surface area contributed by atoms with Crippen LogP contribution in [-0.2, 0) is 16.1 Å². The largest absolute Gasteiger partial charge is 0.382 e. The van der Waals surface area contributed by atoms with E-state index in [0.717, 1.165) is 6.20 Å². The molecule has 10 nitrogen and oxygen atoms in total. The lowest BCUT2D eigenvalue weighted by atomic mass is 10.2. The lowest BCUT2D eigenvalue weighted by molar-refractivity contribution is -0.120. The Labute approximate surface area is 196 Å². The van der Waals surface area contributed by atoms with Gasteiger partial charge in [-0.05, 0) is 12.1 Å². The van der Waals surface area contributed by atoms with E-state index in [0.29, 0.717) is 5.56 Å². The Morgan fingerprint density at radius 3 is 2.62 bits per heavy atom. The molecule has 0 saturated carbocycles. The fraction of sp³-hybridized carbons (Fsp3) is 0.190. The summed E-state index contributed by atoms with van der Waals surface area (Å²) in [6.45, 7) is -0.0326. The number of fused-ring (bicyclic) bond motifs is 1. The molecule has 0 radical (unpaired) electrons. The van der Waals surface area contributed by atoms with Crippen molar-refractivity contribution in [2.24, 2.45) is 0 Å². The third kappa shape index (κ3) is 4.87. The van der Waals surface area contributed by atoms with E-state index >= 15 is 0 Å². The predicted molar refractivity (Wildman–Crippen MR) is 123 cm³/mol. The molecule has 0 fully saturated rings. The van der Waals surface area contributed by atoms with Crippen LogP contribution in [0.3, 0.4) is 0 Å². The fourth-order valence-electron chi connectivity index (χ4n) is 3.22. The Balaban J connectivity index is 1.71. The second-order valence-electron chi connectivity index (χ2n) is 7.10. The number of aromatic nitrogens is 5. The second kappa shape index (κ2) is 9.93. The number of carbonyl (C=O) groups excluding carboxylic acids is 1. The molecule has 0 bridgehead atoms. The van der Waals surface area contributed by atoms with Crippen molar-refractivity contribution in [1.29, 1.82) is 0 Å². The Bertz CT molecular complexity index is 1340. The van der Waals surface area contributed by atoms with Crippen molar-refractivity contribution in [2.45, 2.75) is 6.54 Å².